The quantitative estimate of drug-likeness (QED) is 0.681. The van der Waals surface area contributed by atoms with Gasteiger partial charge in [-0.1, -0.05) is 6.07 Å². The Labute approximate surface area is 82.4 Å². The SMILES string of the molecule is CC(Cl)Cc1ccc2c(c1)OCO2. The lowest BCUT2D eigenvalue weighted by Gasteiger charge is -2.03. The normalized spacial score (nSPS) is 15.8. The van der Waals surface area contributed by atoms with Gasteiger partial charge in [0, 0.05) is 5.38 Å². The smallest absolute Gasteiger partial charge is 0.231 e. The molecular formula is C10H11ClO2. The first-order valence-corrected chi connectivity index (χ1v) is 4.72. The van der Waals surface area contributed by atoms with Gasteiger partial charge in [0.2, 0.25) is 6.79 Å². The summed E-state index contributed by atoms with van der Waals surface area (Å²) in [7, 11) is 0. The standard InChI is InChI=1S/C10H11ClO2/c1-7(11)4-8-2-3-9-10(5-8)13-6-12-9/h2-3,5,7H,4,6H2,1H3. The van der Waals surface area contributed by atoms with Crippen molar-refractivity contribution in [3.63, 3.8) is 0 Å². The molecule has 0 saturated heterocycles. The van der Waals surface area contributed by atoms with Gasteiger partial charge >= 0.3 is 0 Å². The van der Waals surface area contributed by atoms with E-state index >= 15 is 0 Å². The molecule has 3 heteroatoms. The Bertz CT molecular complexity index is 310. The van der Waals surface area contributed by atoms with Crippen LogP contribution in [0.3, 0.4) is 0 Å². The maximum absolute atomic E-state index is 5.89. The van der Waals surface area contributed by atoms with Gasteiger partial charge in [-0.25, -0.2) is 0 Å². The van der Waals surface area contributed by atoms with Gasteiger partial charge in [0.1, 0.15) is 0 Å². The summed E-state index contributed by atoms with van der Waals surface area (Å²) < 4.78 is 10.5. The van der Waals surface area contributed by atoms with Gasteiger partial charge in [-0.15, -0.1) is 11.6 Å². The van der Waals surface area contributed by atoms with Gasteiger partial charge < -0.3 is 9.47 Å². The van der Waals surface area contributed by atoms with Crippen LogP contribution in [-0.4, -0.2) is 12.2 Å². The minimum absolute atomic E-state index is 0.153. The van der Waals surface area contributed by atoms with Crippen LogP contribution in [-0.2, 0) is 6.42 Å². The molecule has 1 aromatic rings. The van der Waals surface area contributed by atoms with Crippen molar-refractivity contribution in [3.05, 3.63) is 23.8 Å². The number of ether oxygens (including phenoxy) is 2. The van der Waals surface area contributed by atoms with E-state index in [2.05, 4.69) is 0 Å². The van der Waals surface area contributed by atoms with Gasteiger partial charge in [0.05, 0.1) is 0 Å². The number of alkyl halides is 1. The minimum Gasteiger partial charge on any atom is -0.454 e. The Morgan fingerprint density at radius 1 is 1.38 bits per heavy atom. The number of hydrogen-bond donors (Lipinski definition) is 0. The first-order valence-electron chi connectivity index (χ1n) is 4.28. The first-order chi connectivity index (χ1) is 6.25. The van der Waals surface area contributed by atoms with E-state index < -0.39 is 0 Å². The van der Waals surface area contributed by atoms with E-state index in [0.717, 1.165) is 17.9 Å². The molecule has 1 unspecified atom stereocenters. The van der Waals surface area contributed by atoms with Crippen LogP contribution in [0.2, 0.25) is 0 Å². The summed E-state index contributed by atoms with van der Waals surface area (Å²) in [6.07, 6.45) is 0.859. The fraction of sp³-hybridized carbons (Fsp3) is 0.400. The number of benzene rings is 1. The molecule has 0 aliphatic carbocycles. The first kappa shape index (κ1) is 8.70. The van der Waals surface area contributed by atoms with Gasteiger partial charge in [0.25, 0.3) is 0 Å². The molecule has 13 heavy (non-hydrogen) atoms. The van der Waals surface area contributed by atoms with E-state index in [9.17, 15) is 0 Å². The average Bonchev–Trinajstić information content (AvgIpc) is 2.49. The Balaban J connectivity index is 2.21. The Kier molecular flexibility index (Phi) is 2.32. The molecule has 0 aromatic heterocycles. The molecule has 70 valence electrons. The van der Waals surface area contributed by atoms with Gasteiger partial charge in [-0.05, 0) is 31.0 Å². The molecule has 1 aromatic carbocycles. The van der Waals surface area contributed by atoms with Crippen molar-refractivity contribution >= 4 is 11.6 Å². The Hall–Kier alpha value is -0.890. The summed E-state index contributed by atoms with van der Waals surface area (Å²) in [5, 5.41) is 0.153. The third kappa shape index (κ3) is 1.89. The summed E-state index contributed by atoms with van der Waals surface area (Å²) in [5.41, 5.74) is 1.19. The third-order valence-electron chi connectivity index (χ3n) is 1.95. The summed E-state index contributed by atoms with van der Waals surface area (Å²) >= 11 is 5.89. The molecule has 1 aliphatic rings. The van der Waals surface area contributed by atoms with E-state index in [-0.39, 0.29) is 5.38 Å². The molecule has 0 radical (unpaired) electrons. The average molecular weight is 199 g/mol. The van der Waals surface area contributed by atoms with Crippen LogP contribution in [0.25, 0.3) is 0 Å². The Morgan fingerprint density at radius 3 is 2.92 bits per heavy atom. The molecule has 2 nitrogen and oxygen atoms in total. The van der Waals surface area contributed by atoms with E-state index in [1.54, 1.807) is 0 Å². The number of fused-ring (bicyclic) bond motifs is 1. The predicted molar refractivity (Wildman–Crippen MR) is 51.6 cm³/mol. The summed E-state index contributed by atoms with van der Waals surface area (Å²) in [4.78, 5) is 0. The maximum Gasteiger partial charge on any atom is 0.231 e. The molecule has 0 spiro atoms. The molecule has 2 rings (SSSR count). The van der Waals surface area contributed by atoms with Crippen molar-refractivity contribution in [3.8, 4) is 11.5 Å². The van der Waals surface area contributed by atoms with Gasteiger partial charge in [-0.2, -0.15) is 0 Å². The molecule has 0 N–H and O–H groups in total. The zero-order valence-corrected chi connectivity index (χ0v) is 8.17. The molecule has 0 saturated carbocycles. The minimum atomic E-state index is 0.153. The van der Waals surface area contributed by atoms with Crippen LogP contribution in [0.1, 0.15) is 12.5 Å². The number of hydrogen-bond acceptors (Lipinski definition) is 2. The number of rotatable bonds is 2. The van der Waals surface area contributed by atoms with Crippen LogP contribution in [0, 0.1) is 0 Å². The van der Waals surface area contributed by atoms with Crippen molar-refractivity contribution in [2.75, 3.05) is 6.79 Å². The monoisotopic (exact) mass is 198 g/mol. The second kappa shape index (κ2) is 3.46. The van der Waals surface area contributed by atoms with E-state index in [1.807, 2.05) is 25.1 Å². The lowest BCUT2D eigenvalue weighted by atomic mass is 10.1. The molecule has 0 fully saturated rings. The molecule has 0 amide bonds. The highest BCUT2D eigenvalue weighted by atomic mass is 35.5. The predicted octanol–water partition coefficient (Wildman–Crippen LogP) is 2.59. The largest absolute Gasteiger partial charge is 0.454 e. The van der Waals surface area contributed by atoms with Crippen molar-refractivity contribution < 1.29 is 9.47 Å². The van der Waals surface area contributed by atoms with Gasteiger partial charge in [0.15, 0.2) is 11.5 Å². The number of halogens is 1. The van der Waals surface area contributed by atoms with Crippen molar-refractivity contribution in [1.82, 2.24) is 0 Å². The lowest BCUT2D eigenvalue weighted by molar-refractivity contribution is 0.174. The van der Waals surface area contributed by atoms with Crippen molar-refractivity contribution in [2.45, 2.75) is 18.7 Å². The third-order valence-corrected chi connectivity index (χ3v) is 2.11. The molecule has 1 atom stereocenters. The van der Waals surface area contributed by atoms with Crippen LogP contribution in [0.5, 0.6) is 11.5 Å². The molecule has 0 bridgehead atoms. The summed E-state index contributed by atoms with van der Waals surface area (Å²) in [5.74, 6) is 1.65. The zero-order valence-electron chi connectivity index (χ0n) is 7.42. The fourth-order valence-corrected chi connectivity index (χ4v) is 1.57. The molecule has 1 heterocycles. The second-order valence-electron chi connectivity index (χ2n) is 3.17. The van der Waals surface area contributed by atoms with Crippen molar-refractivity contribution in [1.29, 1.82) is 0 Å². The van der Waals surface area contributed by atoms with E-state index in [4.69, 9.17) is 21.1 Å². The highest BCUT2D eigenvalue weighted by Gasteiger charge is 2.13. The summed E-state index contributed by atoms with van der Waals surface area (Å²) in [6.45, 7) is 2.31. The van der Waals surface area contributed by atoms with Crippen LogP contribution < -0.4 is 9.47 Å². The van der Waals surface area contributed by atoms with Crippen LogP contribution in [0.4, 0.5) is 0 Å². The van der Waals surface area contributed by atoms with Crippen LogP contribution in [0.15, 0.2) is 18.2 Å². The highest BCUT2D eigenvalue weighted by Crippen LogP contribution is 2.32. The molecule has 1 aliphatic heterocycles. The van der Waals surface area contributed by atoms with Crippen LogP contribution >= 0.6 is 11.6 Å². The lowest BCUT2D eigenvalue weighted by Crippen LogP contribution is -1.96. The Morgan fingerprint density at radius 2 is 2.15 bits per heavy atom. The maximum atomic E-state index is 5.89. The van der Waals surface area contributed by atoms with E-state index in [0.29, 0.717) is 6.79 Å². The van der Waals surface area contributed by atoms with Gasteiger partial charge in [-0.3, -0.25) is 0 Å². The zero-order chi connectivity index (χ0) is 9.26. The van der Waals surface area contributed by atoms with Crippen molar-refractivity contribution in [2.24, 2.45) is 0 Å². The topological polar surface area (TPSA) is 18.5 Å². The highest BCUT2D eigenvalue weighted by molar-refractivity contribution is 6.20. The molecular weight excluding hydrogens is 188 g/mol. The summed E-state index contributed by atoms with van der Waals surface area (Å²) in [6, 6.07) is 5.94. The second-order valence-corrected chi connectivity index (χ2v) is 3.92. The van der Waals surface area contributed by atoms with E-state index in [1.165, 1.54) is 5.56 Å². The fourth-order valence-electron chi connectivity index (χ4n) is 1.39.